The second-order valence-corrected chi connectivity index (χ2v) is 9.17. The van der Waals surface area contributed by atoms with Crippen LogP contribution in [0.25, 0.3) is 0 Å². The Morgan fingerprint density at radius 1 is 0.833 bits per heavy atom. The minimum atomic E-state index is -0.236. The van der Waals surface area contributed by atoms with Crippen molar-refractivity contribution in [1.82, 2.24) is 0 Å². The van der Waals surface area contributed by atoms with Gasteiger partial charge in [0.2, 0.25) is 0 Å². The SMILES string of the molecule is CC(C)Oc1cc(OC(C)C)c([P-]C(=O)c2c(Cl)cccc2Cl)c(OC(C)C)c1.[Li+]. The maximum absolute atomic E-state index is 13.1. The Hall–Kier alpha value is -0.883. The maximum Gasteiger partial charge on any atom is 1.00 e. The van der Waals surface area contributed by atoms with Crippen LogP contribution in [0.5, 0.6) is 17.2 Å². The average molecular weight is 463 g/mol. The largest absolute Gasteiger partial charge is 1.00 e. The molecular formula is C22H26Cl2LiO4P. The van der Waals surface area contributed by atoms with Gasteiger partial charge in [0.15, 0.2) is 0 Å². The topological polar surface area (TPSA) is 44.8 Å². The fourth-order valence-electron chi connectivity index (χ4n) is 2.56. The van der Waals surface area contributed by atoms with E-state index in [-0.39, 0.29) is 48.3 Å². The summed E-state index contributed by atoms with van der Waals surface area (Å²) in [5, 5.41) is 1.24. The predicted molar refractivity (Wildman–Crippen MR) is 121 cm³/mol. The molecule has 0 spiro atoms. The van der Waals surface area contributed by atoms with Crippen LogP contribution in [-0.2, 0) is 0 Å². The quantitative estimate of drug-likeness (QED) is 0.420. The van der Waals surface area contributed by atoms with E-state index in [1.54, 1.807) is 30.3 Å². The molecule has 0 aliphatic rings. The molecule has 0 saturated heterocycles. The Balaban J connectivity index is 0.00000450. The van der Waals surface area contributed by atoms with Gasteiger partial charge in [-0.25, -0.2) is 0 Å². The van der Waals surface area contributed by atoms with E-state index in [0.717, 1.165) is 0 Å². The molecule has 0 heterocycles. The molecule has 0 radical (unpaired) electrons. The zero-order chi connectivity index (χ0) is 21.7. The number of carbonyl (C=O) groups excluding carboxylic acids is 1. The van der Waals surface area contributed by atoms with Gasteiger partial charge < -0.3 is 27.6 Å². The molecule has 0 aliphatic heterocycles. The Bertz CT molecular complexity index is 821. The van der Waals surface area contributed by atoms with Crippen molar-refractivity contribution in [2.45, 2.75) is 59.9 Å². The van der Waals surface area contributed by atoms with Crippen LogP contribution in [0, 0.1) is 0 Å². The minimum absolute atomic E-state index is 0. The van der Waals surface area contributed by atoms with E-state index >= 15 is 0 Å². The molecule has 0 aliphatic carbocycles. The summed E-state index contributed by atoms with van der Waals surface area (Å²) in [5.41, 5.74) is 0.0475. The smallest absolute Gasteiger partial charge is 0.493 e. The Labute approximate surface area is 202 Å². The molecular weight excluding hydrogens is 437 g/mol. The van der Waals surface area contributed by atoms with Crippen molar-refractivity contribution in [3.8, 4) is 17.2 Å². The first kappa shape index (κ1) is 27.2. The van der Waals surface area contributed by atoms with Crippen molar-refractivity contribution in [2.75, 3.05) is 0 Å². The Morgan fingerprint density at radius 2 is 1.27 bits per heavy atom. The van der Waals surface area contributed by atoms with Crippen LogP contribution >= 0.6 is 31.8 Å². The Morgan fingerprint density at radius 3 is 1.67 bits per heavy atom. The van der Waals surface area contributed by atoms with Crippen LogP contribution in [0.4, 0.5) is 0 Å². The third kappa shape index (κ3) is 7.67. The number of hydrogen-bond donors (Lipinski definition) is 0. The van der Waals surface area contributed by atoms with Gasteiger partial charge in [-0.3, -0.25) is 0 Å². The summed E-state index contributed by atoms with van der Waals surface area (Å²) in [6.07, 6.45) is -0.200. The summed E-state index contributed by atoms with van der Waals surface area (Å²) >= 11 is 12.5. The van der Waals surface area contributed by atoms with Crippen LogP contribution in [0.2, 0.25) is 10.0 Å². The van der Waals surface area contributed by atoms with Crippen LogP contribution in [0.1, 0.15) is 51.9 Å². The third-order valence-electron chi connectivity index (χ3n) is 3.50. The normalized spacial score (nSPS) is 11.3. The van der Waals surface area contributed by atoms with Crippen molar-refractivity contribution < 1.29 is 37.9 Å². The first-order chi connectivity index (χ1) is 13.6. The van der Waals surface area contributed by atoms with Gasteiger partial charge in [0, 0.05) is 23.2 Å². The molecule has 0 bridgehead atoms. The number of rotatable bonds is 9. The molecule has 0 amide bonds. The van der Waals surface area contributed by atoms with Gasteiger partial charge in [0.25, 0.3) is 0 Å². The number of halogens is 2. The third-order valence-corrected chi connectivity index (χ3v) is 5.22. The first-order valence-corrected chi connectivity index (χ1v) is 11.1. The zero-order valence-corrected chi connectivity index (χ0v) is 20.9. The van der Waals surface area contributed by atoms with Crippen LogP contribution < -0.4 is 38.4 Å². The molecule has 0 unspecified atom stereocenters. The molecule has 30 heavy (non-hydrogen) atoms. The molecule has 2 aromatic rings. The van der Waals surface area contributed by atoms with E-state index in [1.807, 2.05) is 41.5 Å². The van der Waals surface area contributed by atoms with E-state index in [4.69, 9.17) is 37.4 Å². The standard InChI is InChI=1S/C22H26Cl2O4P.Li/c1-12(2)26-15-10-18(27-13(3)4)21(19(11-15)28-14(5)6)29-22(25)20-16(23)8-7-9-17(20)24;/h7-14H,1-6H3;/q-1;+1. The molecule has 0 aromatic heterocycles. The molecule has 4 nitrogen and oxygen atoms in total. The summed E-state index contributed by atoms with van der Waals surface area (Å²) in [5.74, 6) is 1.69. The van der Waals surface area contributed by atoms with Gasteiger partial charge in [-0.05, 0) is 53.7 Å². The number of benzene rings is 2. The van der Waals surface area contributed by atoms with Crippen molar-refractivity contribution in [3.05, 3.63) is 45.9 Å². The molecule has 0 N–H and O–H groups in total. The summed E-state index contributed by atoms with van der Waals surface area (Å²) in [6, 6.07) is 8.57. The minimum Gasteiger partial charge on any atom is -0.493 e. The summed E-state index contributed by atoms with van der Waals surface area (Å²) in [6.45, 7) is 11.6. The van der Waals surface area contributed by atoms with E-state index < -0.39 is 0 Å². The summed E-state index contributed by atoms with van der Waals surface area (Å²) in [7, 11) is 0.350. The summed E-state index contributed by atoms with van der Waals surface area (Å²) < 4.78 is 17.9. The number of carbonyl (C=O) groups is 1. The van der Waals surface area contributed by atoms with Gasteiger partial charge in [0.05, 0.1) is 39.9 Å². The zero-order valence-electron chi connectivity index (χ0n) is 18.5. The molecule has 158 valence electrons. The molecule has 2 aromatic carbocycles. The number of ether oxygens (including phenoxy) is 3. The van der Waals surface area contributed by atoms with Gasteiger partial charge in [0.1, 0.15) is 5.75 Å². The van der Waals surface area contributed by atoms with Crippen LogP contribution in [0.3, 0.4) is 0 Å². The number of hydrogen-bond acceptors (Lipinski definition) is 4. The summed E-state index contributed by atoms with van der Waals surface area (Å²) in [4.78, 5) is 13.1. The maximum atomic E-state index is 13.1. The molecule has 2 rings (SSSR count). The molecule has 0 atom stereocenters. The van der Waals surface area contributed by atoms with Gasteiger partial charge in [-0.2, -0.15) is 0 Å². The monoisotopic (exact) mass is 462 g/mol. The molecule has 0 saturated carbocycles. The van der Waals surface area contributed by atoms with Gasteiger partial charge in [-0.15, -0.1) is 5.30 Å². The van der Waals surface area contributed by atoms with Crippen molar-refractivity contribution in [1.29, 1.82) is 0 Å². The van der Waals surface area contributed by atoms with E-state index in [0.29, 0.717) is 41.2 Å². The second-order valence-electron chi connectivity index (χ2n) is 7.28. The average Bonchev–Trinajstić information content (AvgIpc) is 2.56. The van der Waals surface area contributed by atoms with E-state index in [1.165, 1.54) is 0 Å². The van der Waals surface area contributed by atoms with Crippen LogP contribution in [-0.4, -0.2) is 23.8 Å². The fraction of sp³-hybridized carbons (Fsp3) is 0.409. The van der Waals surface area contributed by atoms with E-state index in [9.17, 15) is 4.79 Å². The predicted octanol–water partition coefficient (Wildman–Crippen LogP) is 3.77. The Kier molecular flexibility index (Phi) is 11.1. The van der Waals surface area contributed by atoms with Crippen molar-refractivity contribution in [2.24, 2.45) is 0 Å². The van der Waals surface area contributed by atoms with Gasteiger partial charge in [-0.1, -0.05) is 29.3 Å². The van der Waals surface area contributed by atoms with Crippen LogP contribution in [0.15, 0.2) is 30.3 Å². The molecule has 8 heteroatoms. The fourth-order valence-corrected chi connectivity index (χ4v) is 4.27. The first-order valence-electron chi connectivity index (χ1n) is 9.46. The second kappa shape index (κ2) is 12.2. The molecule has 0 fully saturated rings. The van der Waals surface area contributed by atoms with Crippen molar-refractivity contribution >= 4 is 42.6 Å². The van der Waals surface area contributed by atoms with Gasteiger partial charge >= 0.3 is 18.9 Å². The van der Waals surface area contributed by atoms with E-state index in [2.05, 4.69) is 0 Å². The van der Waals surface area contributed by atoms with Crippen molar-refractivity contribution in [3.63, 3.8) is 0 Å².